The van der Waals surface area contributed by atoms with Gasteiger partial charge >= 0.3 is 0 Å². The minimum Gasteiger partial charge on any atom is -0.497 e. The summed E-state index contributed by atoms with van der Waals surface area (Å²) in [5.41, 5.74) is 2.29. The third-order valence-corrected chi connectivity index (χ3v) is 4.92. The number of carbonyl (C=O) groups excluding carboxylic acids is 1. The Labute approximate surface area is 190 Å². The average Bonchev–Trinajstić information content (AvgIpc) is 2.84. The highest BCUT2D eigenvalue weighted by Gasteiger charge is 2.09. The molecule has 32 heavy (non-hydrogen) atoms. The number of hydrogen-bond donors (Lipinski definition) is 1. The Hall–Kier alpha value is -3.90. The lowest BCUT2D eigenvalue weighted by molar-refractivity contribution is 0.0951. The van der Waals surface area contributed by atoms with Crippen LogP contribution >= 0.6 is 11.6 Å². The number of rotatable bonds is 7. The van der Waals surface area contributed by atoms with Crippen molar-refractivity contribution in [1.82, 2.24) is 15.3 Å². The Morgan fingerprint density at radius 2 is 1.72 bits per heavy atom. The van der Waals surface area contributed by atoms with Crippen molar-refractivity contribution in [2.75, 3.05) is 7.11 Å². The minimum absolute atomic E-state index is 0.164. The van der Waals surface area contributed by atoms with Crippen LogP contribution in [0.4, 0.5) is 0 Å². The molecule has 0 saturated carbocycles. The van der Waals surface area contributed by atoms with Crippen LogP contribution in [0.5, 0.6) is 17.4 Å². The lowest BCUT2D eigenvalue weighted by atomic mass is 10.1. The summed E-state index contributed by atoms with van der Waals surface area (Å²) in [5.74, 6) is 2.05. The van der Waals surface area contributed by atoms with Gasteiger partial charge in [-0.2, -0.15) is 4.98 Å². The highest BCUT2D eigenvalue weighted by molar-refractivity contribution is 6.30. The molecule has 6 nitrogen and oxygen atoms in total. The van der Waals surface area contributed by atoms with Gasteiger partial charge in [-0.05, 0) is 42.0 Å². The molecule has 4 aromatic rings. The largest absolute Gasteiger partial charge is 0.497 e. The van der Waals surface area contributed by atoms with E-state index in [0.29, 0.717) is 40.3 Å². The van der Waals surface area contributed by atoms with E-state index in [9.17, 15) is 4.79 Å². The van der Waals surface area contributed by atoms with Crippen molar-refractivity contribution in [3.05, 3.63) is 101 Å². The second-order valence-electron chi connectivity index (χ2n) is 6.89. The Morgan fingerprint density at radius 3 is 2.47 bits per heavy atom. The molecule has 0 bridgehead atoms. The number of ether oxygens (including phenoxy) is 2. The minimum atomic E-state index is -0.164. The number of hydrogen-bond acceptors (Lipinski definition) is 5. The van der Waals surface area contributed by atoms with Crippen LogP contribution in [-0.2, 0) is 6.54 Å². The quantitative estimate of drug-likeness (QED) is 0.405. The maximum atomic E-state index is 12.4. The molecule has 1 amide bonds. The van der Waals surface area contributed by atoms with Crippen molar-refractivity contribution in [1.29, 1.82) is 0 Å². The third-order valence-electron chi connectivity index (χ3n) is 4.67. The first-order valence-electron chi connectivity index (χ1n) is 9.89. The van der Waals surface area contributed by atoms with E-state index in [1.165, 1.54) is 0 Å². The SMILES string of the molecule is COc1cccc(Oc2ccnc(-c3ccc(C(=O)NCc4ccc(Cl)cc4)cc3)n2)c1. The molecule has 0 atom stereocenters. The number of benzene rings is 3. The Bertz CT molecular complexity index is 1210. The van der Waals surface area contributed by atoms with Crippen LogP contribution in [-0.4, -0.2) is 23.0 Å². The number of nitrogens with zero attached hydrogens (tertiary/aromatic N) is 2. The highest BCUT2D eigenvalue weighted by Crippen LogP contribution is 2.25. The molecule has 0 unspecified atom stereocenters. The molecule has 0 aliphatic rings. The van der Waals surface area contributed by atoms with Gasteiger partial charge in [0.15, 0.2) is 5.82 Å². The molecular formula is C25H20ClN3O3. The van der Waals surface area contributed by atoms with Crippen molar-refractivity contribution < 1.29 is 14.3 Å². The molecule has 0 spiro atoms. The van der Waals surface area contributed by atoms with Crippen molar-refractivity contribution in [2.24, 2.45) is 0 Å². The first-order chi connectivity index (χ1) is 15.6. The van der Waals surface area contributed by atoms with Crippen LogP contribution < -0.4 is 14.8 Å². The Morgan fingerprint density at radius 1 is 0.969 bits per heavy atom. The molecule has 0 aliphatic heterocycles. The summed E-state index contributed by atoms with van der Waals surface area (Å²) in [7, 11) is 1.60. The van der Waals surface area contributed by atoms with E-state index in [0.717, 1.165) is 11.1 Å². The maximum Gasteiger partial charge on any atom is 0.251 e. The maximum absolute atomic E-state index is 12.4. The molecule has 1 N–H and O–H groups in total. The van der Waals surface area contributed by atoms with Crippen LogP contribution in [0, 0.1) is 0 Å². The lowest BCUT2D eigenvalue weighted by Crippen LogP contribution is -2.22. The number of halogens is 1. The fourth-order valence-corrected chi connectivity index (χ4v) is 3.11. The zero-order valence-electron chi connectivity index (χ0n) is 17.3. The van der Waals surface area contributed by atoms with E-state index in [2.05, 4.69) is 15.3 Å². The normalized spacial score (nSPS) is 10.4. The molecule has 0 fully saturated rings. The average molecular weight is 446 g/mol. The summed E-state index contributed by atoms with van der Waals surface area (Å²) in [5, 5.41) is 3.56. The van der Waals surface area contributed by atoms with Gasteiger partial charge in [0.25, 0.3) is 5.91 Å². The number of amides is 1. The van der Waals surface area contributed by atoms with Crippen LogP contribution in [0.3, 0.4) is 0 Å². The van der Waals surface area contributed by atoms with Gasteiger partial charge in [0.2, 0.25) is 5.88 Å². The summed E-state index contributed by atoms with van der Waals surface area (Å²) >= 11 is 5.89. The predicted molar refractivity (Wildman–Crippen MR) is 123 cm³/mol. The highest BCUT2D eigenvalue weighted by atomic mass is 35.5. The second-order valence-corrected chi connectivity index (χ2v) is 7.32. The summed E-state index contributed by atoms with van der Waals surface area (Å²) in [4.78, 5) is 21.2. The summed E-state index contributed by atoms with van der Waals surface area (Å²) in [6.07, 6.45) is 1.63. The number of aromatic nitrogens is 2. The summed E-state index contributed by atoms with van der Waals surface area (Å²) < 4.78 is 11.0. The van der Waals surface area contributed by atoms with Gasteiger partial charge in [0.1, 0.15) is 11.5 Å². The zero-order chi connectivity index (χ0) is 22.3. The fraction of sp³-hybridized carbons (Fsp3) is 0.0800. The lowest BCUT2D eigenvalue weighted by Gasteiger charge is -2.08. The molecular weight excluding hydrogens is 426 g/mol. The zero-order valence-corrected chi connectivity index (χ0v) is 18.0. The van der Waals surface area contributed by atoms with Crippen LogP contribution in [0.1, 0.15) is 15.9 Å². The molecule has 3 aromatic carbocycles. The molecule has 0 aliphatic carbocycles. The van der Waals surface area contributed by atoms with E-state index >= 15 is 0 Å². The molecule has 7 heteroatoms. The fourth-order valence-electron chi connectivity index (χ4n) is 2.98. The first kappa shape index (κ1) is 21.3. The van der Waals surface area contributed by atoms with E-state index in [1.807, 2.05) is 42.5 Å². The molecule has 0 radical (unpaired) electrons. The predicted octanol–water partition coefficient (Wildman–Crippen LogP) is 5.53. The standard InChI is InChI=1S/C25H20ClN3O3/c1-31-21-3-2-4-22(15-21)32-23-13-14-27-24(29-23)18-7-9-19(10-8-18)25(30)28-16-17-5-11-20(26)12-6-17/h2-15H,16H2,1H3,(H,28,30). The summed E-state index contributed by atoms with van der Waals surface area (Å²) in [6.45, 7) is 0.421. The van der Waals surface area contributed by atoms with E-state index in [1.54, 1.807) is 49.7 Å². The Kier molecular flexibility index (Phi) is 6.63. The number of nitrogens with one attached hydrogen (secondary N) is 1. The number of methoxy groups -OCH3 is 1. The molecule has 4 rings (SSSR count). The topological polar surface area (TPSA) is 73.3 Å². The van der Waals surface area contributed by atoms with Crippen molar-refractivity contribution in [3.8, 4) is 28.8 Å². The smallest absolute Gasteiger partial charge is 0.251 e. The van der Waals surface area contributed by atoms with Gasteiger partial charge in [-0.1, -0.05) is 41.9 Å². The van der Waals surface area contributed by atoms with Crippen LogP contribution in [0.15, 0.2) is 85.1 Å². The molecule has 1 heterocycles. The monoisotopic (exact) mass is 445 g/mol. The van der Waals surface area contributed by atoms with E-state index in [4.69, 9.17) is 21.1 Å². The van der Waals surface area contributed by atoms with Gasteiger partial charge in [-0.25, -0.2) is 4.98 Å². The van der Waals surface area contributed by atoms with E-state index in [-0.39, 0.29) is 5.91 Å². The summed E-state index contributed by atoms with van der Waals surface area (Å²) in [6, 6.07) is 23.4. The number of carbonyl (C=O) groups is 1. The van der Waals surface area contributed by atoms with Crippen molar-refractivity contribution >= 4 is 17.5 Å². The van der Waals surface area contributed by atoms with Gasteiger partial charge < -0.3 is 14.8 Å². The second kappa shape index (κ2) is 9.94. The first-order valence-corrected chi connectivity index (χ1v) is 10.3. The van der Waals surface area contributed by atoms with Gasteiger partial charge in [-0.15, -0.1) is 0 Å². The Balaban J connectivity index is 1.42. The van der Waals surface area contributed by atoms with Gasteiger partial charge in [0.05, 0.1) is 7.11 Å². The van der Waals surface area contributed by atoms with Crippen molar-refractivity contribution in [3.63, 3.8) is 0 Å². The van der Waals surface area contributed by atoms with Gasteiger partial charge in [0, 0.05) is 41.0 Å². The van der Waals surface area contributed by atoms with Gasteiger partial charge in [-0.3, -0.25) is 4.79 Å². The van der Waals surface area contributed by atoms with Crippen molar-refractivity contribution in [2.45, 2.75) is 6.54 Å². The van der Waals surface area contributed by atoms with Crippen LogP contribution in [0.2, 0.25) is 5.02 Å². The third kappa shape index (κ3) is 5.42. The molecule has 160 valence electrons. The van der Waals surface area contributed by atoms with Crippen LogP contribution in [0.25, 0.3) is 11.4 Å². The molecule has 0 saturated heterocycles. The molecule has 1 aromatic heterocycles. The van der Waals surface area contributed by atoms with E-state index < -0.39 is 0 Å².